The van der Waals surface area contributed by atoms with Gasteiger partial charge in [-0.15, -0.1) is 24.0 Å². The molecule has 1 aliphatic carbocycles. The van der Waals surface area contributed by atoms with Crippen LogP contribution < -0.4 is 10.6 Å². The maximum absolute atomic E-state index is 10.7. The molecule has 0 spiro atoms. The second-order valence-corrected chi connectivity index (χ2v) is 7.37. The minimum Gasteiger partial charge on any atom is -0.383 e. The Morgan fingerprint density at radius 2 is 2.00 bits per heavy atom. The zero-order valence-electron chi connectivity index (χ0n) is 16.3. The van der Waals surface area contributed by atoms with Gasteiger partial charge < -0.3 is 15.7 Å². The number of hydrogen-bond acceptors (Lipinski definition) is 3. The van der Waals surface area contributed by atoms with Gasteiger partial charge in [-0.25, -0.2) is 4.99 Å². The first-order chi connectivity index (χ1) is 12.5. The summed E-state index contributed by atoms with van der Waals surface area (Å²) in [6.45, 7) is 5.70. The number of aliphatic hydroxyl groups is 1. The molecular formula is C20H30IN5O. The van der Waals surface area contributed by atoms with Gasteiger partial charge in [0.1, 0.15) is 5.60 Å². The summed E-state index contributed by atoms with van der Waals surface area (Å²) in [5, 5.41) is 21.6. The van der Waals surface area contributed by atoms with E-state index in [0.29, 0.717) is 0 Å². The van der Waals surface area contributed by atoms with Crippen molar-refractivity contribution < 1.29 is 5.11 Å². The van der Waals surface area contributed by atoms with Crippen molar-refractivity contribution in [3.8, 4) is 0 Å². The summed E-state index contributed by atoms with van der Waals surface area (Å²) in [4.78, 5) is 4.60. The average molecular weight is 483 g/mol. The van der Waals surface area contributed by atoms with E-state index >= 15 is 0 Å². The highest BCUT2D eigenvalue weighted by Crippen LogP contribution is 2.47. The van der Waals surface area contributed by atoms with Gasteiger partial charge in [0.25, 0.3) is 0 Å². The van der Waals surface area contributed by atoms with Crippen LogP contribution in [0.4, 0.5) is 0 Å². The molecule has 0 radical (unpaired) electrons. The molecule has 1 aromatic heterocycles. The van der Waals surface area contributed by atoms with Crippen LogP contribution in [-0.2, 0) is 18.1 Å². The Bertz CT molecular complexity index is 753. The predicted octanol–water partition coefficient (Wildman–Crippen LogP) is 2.53. The van der Waals surface area contributed by atoms with Gasteiger partial charge in [-0.05, 0) is 32.3 Å². The van der Waals surface area contributed by atoms with Gasteiger partial charge in [0.15, 0.2) is 5.96 Å². The van der Waals surface area contributed by atoms with Crippen LogP contribution in [0.5, 0.6) is 0 Å². The van der Waals surface area contributed by atoms with Crippen LogP contribution in [0, 0.1) is 0 Å². The van der Waals surface area contributed by atoms with E-state index in [2.05, 4.69) is 51.1 Å². The second kappa shape index (κ2) is 9.05. The summed E-state index contributed by atoms with van der Waals surface area (Å²) < 4.78 is 1.69. The number of aliphatic imine (C=N–C) groups is 1. The second-order valence-electron chi connectivity index (χ2n) is 7.37. The van der Waals surface area contributed by atoms with Crippen LogP contribution >= 0.6 is 24.0 Å². The lowest BCUT2D eigenvalue weighted by atomic mass is 9.96. The SMILES string of the molecule is CCNC(=NCC(C)(O)c1cnn(C)c1)NCC1(c2ccccc2)CC1.I. The molecule has 1 atom stereocenters. The largest absolute Gasteiger partial charge is 0.383 e. The summed E-state index contributed by atoms with van der Waals surface area (Å²) in [7, 11) is 1.84. The van der Waals surface area contributed by atoms with Crippen LogP contribution in [-0.4, -0.2) is 40.5 Å². The monoisotopic (exact) mass is 483 g/mol. The van der Waals surface area contributed by atoms with Gasteiger partial charge in [0, 0.05) is 37.3 Å². The lowest BCUT2D eigenvalue weighted by molar-refractivity contribution is 0.0672. The van der Waals surface area contributed by atoms with Crippen molar-refractivity contribution in [3.63, 3.8) is 0 Å². The standard InChI is InChI=1S/C20H29N5O.HI/c1-4-21-18(22-14-19(2,26)17-12-24-25(3)13-17)23-15-20(10-11-20)16-8-6-5-7-9-16;/h5-9,12-13,26H,4,10-11,14-15H2,1-3H3,(H2,21,22,23);1H. The molecule has 1 fully saturated rings. The Kier molecular flexibility index (Phi) is 7.27. The van der Waals surface area contributed by atoms with Gasteiger partial charge in [0.05, 0.1) is 12.7 Å². The zero-order chi connectivity index (χ0) is 18.6. The van der Waals surface area contributed by atoms with Crippen LogP contribution in [0.15, 0.2) is 47.7 Å². The molecule has 3 rings (SSSR count). The van der Waals surface area contributed by atoms with Crippen LogP contribution in [0.25, 0.3) is 0 Å². The fraction of sp³-hybridized carbons (Fsp3) is 0.500. The molecule has 1 unspecified atom stereocenters. The number of rotatable bonds is 7. The molecule has 3 N–H and O–H groups in total. The van der Waals surface area contributed by atoms with Gasteiger partial charge in [-0.3, -0.25) is 4.68 Å². The van der Waals surface area contributed by atoms with Crippen molar-refractivity contribution in [2.24, 2.45) is 12.0 Å². The third-order valence-electron chi connectivity index (χ3n) is 5.05. The maximum atomic E-state index is 10.7. The summed E-state index contributed by atoms with van der Waals surface area (Å²) in [6, 6.07) is 10.6. The summed E-state index contributed by atoms with van der Waals surface area (Å²) in [5.74, 6) is 0.735. The first-order valence-electron chi connectivity index (χ1n) is 9.24. The zero-order valence-corrected chi connectivity index (χ0v) is 18.6. The molecule has 1 heterocycles. The van der Waals surface area contributed by atoms with E-state index in [1.807, 2.05) is 20.2 Å². The molecule has 0 saturated heterocycles. The van der Waals surface area contributed by atoms with E-state index < -0.39 is 5.60 Å². The number of nitrogens with one attached hydrogen (secondary N) is 2. The smallest absolute Gasteiger partial charge is 0.191 e. The molecule has 1 aromatic carbocycles. The Hall–Kier alpha value is -1.61. The Labute approximate surface area is 178 Å². The minimum absolute atomic E-state index is 0. The van der Waals surface area contributed by atoms with Gasteiger partial charge >= 0.3 is 0 Å². The highest BCUT2D eigenvalue weighted by Gasteiger charge is 2.44. The van der Waals surface area contributed by atoms with E-state index in [1.165, 1.54) is 18.4 Å². The molecule has 2 aromatic rings. The van der Waals surface area contributed by atoms with Gasteiger partial charge in [-0.1, -0.05) is 30.3 Å². The first kappa shape index (κ1) is 21.7. The number of nitrogens with zero attached hydrogens (tertiary/aromatic N) is 3. The molecule has 0 aliphatic heterocycles. The molecule has 0 amide bonds. The molecule has 148 valence electrons. The van der Waals surface area contributed by atoms with Crippen molar-refractivity contribution in [2.45, 2.75) is 37.7 Å². The summed E-state index contributed by atoms with van der Waals surface area (Å²) >= 11 is 0. The molecule has 1 saturated carbocycles. The van der Waals surface area contributed by atoms with Gasteiger partial charge in [-0.2, -0.15) is 5.10 Å². The Morgan fingerprint density at radius 1 is 1.30 bits per heavy atom. The predicted molar refractivity (Wildman–Crippen MR) is 120 cm³/mol. The number of benzene rings is 1. The van der Waals surface area contributed by atoms with E-state index in [-0.39, 0.29) is 35.9 Å². The van der Waals surface area contributed by atoms with E-state index in [4.69, 9.17) is 0 Å². The first-order valence-corrected chi connectivity index (χ1v) is 9.24. The number of aryl methyl sites for hydroxylation is 1. The highest BCUT2D eigenvalue weighted by atomic mass is 127. The fourth-order valence-electron chi connectivity index (χ4n) is 3.13. The van der Waals surface area contributed by atoms with Crippen molar-refractivity contribution in [1.29, 1.82) is 0 Å². The quantitative estimate of drug-likeness (QED) is 0.322. The van der Waals surface area contributed by atoms with Crippen LogP contribution in [0.2, 0.25) is 0 Å². The maximum Gasteiger partial charge on any atom is 0.191 e. The summed E-state index contributed by atoms with van der Waals surface area (Å²) in [5.41, 5.74) is 1.31. The lowest BCUT2D eigenvalue weighted by Crippen LogP contribution is -2.42. The average Bonchev–Trinajstić information content (AvgIpc) is 3.30. The topological polar surface area (TPSA) is 74.5 Å². The van der Waals surface area contributed by atoms with Crippen molar-refractivity contribution in [1.82, 2.24) is 20.4 Å². The Balaban J connectivity index is 0.00000261. The number of guanidine groups is 1. The third-order valence-corrected chi connectivity index (χ3v) is 5.05. The van der Waals surface area contributed by atoms with Crippen LogP contribution in [0.3, 0.4) is 0 Å². The summed E-state index contributed by atoms with van der Waals surface area (Å²) in [6.07, 6.45) is 5.89. The van der Waals surface area contributed by atoms with Gasteiger partial charge in [0.2, 0.25) is 0 Å². The molecule has 27 heavy (non-hydrogen) atoms. The number of aromatic nitrogens is 2. The molecule has 0 bridgehead atoms. The molecule has 1 aliphatic rings. The lowest BCUT2D eigenvalue weighted by Gasteiger charge is -2.22. The van der Waals surface area contributed by atoms with Crippen LogP contribution in [0.1, 0.15) is 37.8 Å². The number of halogens is 1. The highest BCUT2D eigenvalue weighted by molar-refractivity contribution is 14.0. The number of hydrogen-bond donors (Lipinski definition) is 3. The molecule has 7 heteroatoms. The Morgan fingerprint density at radius 3 is 2.56 bits per heavy atom. The van der Waals surface area contributed by atoms with E-state index in [1.54, 1.807) is 17.8 Å². The molecular weight excluding hydrogens is 453 g/mol. The van der Waals surface area contributed by atoms with Crippen molar-refractivity contribution >= 4 is 29.9 Å². The van der Waals surface area contributed by atoms with Crippen molar-refractivity contribution in [2.75, 3.05) is 19.6 Å². The molecule has 6 nitrogen and oxygen atoms in total. The van der Waals surface area contributed by atoms with E-state index in [0.717, 1.165) is 24.6 Å². The minimum atomic E-state index is -1.05. The normalized spacial score (nSPS) is 17.6. The third kappa shape index (κ3) is 5.44. The fourth-order valence-corrected chi connectivity index (χ4v) is 3.13. The van der Waals surface area contributed by atoms with E-state index in [9.17, 15) is 5.11 Å². The van der Waals surface area contributed by atoms with Crippen molar-refractivity contribution in [3.05, 3.63) is 53.9 Å².